The van der Waals surface area contributed by atoms with E-state index in [9.17, 15) is 9.59 Å². The lowest BCUT2D eigenvalue weighted by atomic mass is 10.3. The molecule has 0 saturated carbocycles. The van der Waals surface area contributed by atoms with Crippen molar-refractivity contribution < 1.29 is 4.79 Å². The number of hydrogen-bond donors (Lipinski definition) is 2. The van der Waals surface area contributed by atoms with Crippen molar-refractivity contribution in [2.24, 2.45) is 0 Å². The Morgan fingerprint density at radius 1 is 1.35 bits per heavy atom. The molecule has 2 heterocycles. The Bertz CT molecular complexity index is 591. The van der Waals surface area contributed by atoms with Gasteiger partial charge in [0, 0.05) is 12.3 Å². The molecule has 2 rings (SSSR count). The standard InChI is InChI=1S/C10H7BrN4O2/c11-9-6(2-1-5-12-9)10(17)13-7-3-4-8(16)15-14-7/h1-5H,(H,15,16)(H,13,14,17). The van der Waals surface area contributed by atoms with Gasteiger partial charge in [-0.15, -0.1) is 0 Å². The van der Waals surface area contributed by atoms with E-state index in [1.165, 1.54) is 12.1 Å². The third-order valence-corrected chi connectivity index (χ3v) is 2.56. The predicted octanol–water partition coefficient (Wildman–Crippen LogP) is 1.18. The first kappa shape index (κ1) is 11.5. The van der Waals surface area contributed by atoms with E-state index in [1.54, 1.807) is 18.3 Å². The molecule has 0 aromatic carbocycles. The molecule has 0 bridgehead atoms. The third kappa shape index (κ3) is 2.76. The maximum absolute atomic E-state index is 11.8. The number of anilines is 1. The van der Waals surface area contributed by atoms with Gasteiger partial charge in [0.05, 0.1) is 5.56 Å². The second kappa shape index (κ2) is 4.88. The minimum Gasteiger partial charge on any atom is -0.305 e. The summed E-state index contributed by atoms with van der Waals surface area (Å²) in [6, 6.07) is 5.97. The number of pyridine rings is 1. The lowest BCUT2D eigenvalue weighted by Gasteiger charge is -2.04. The van der Waals surface area contributed by atoms with Crippen LogP contribution in [0.4, 0.5) is 5.82 Å². The zero-order chi connectivity index (χ0) is 12.3. The van der Waals surface area contributed by atoms with Crippen molar-refractivity contribution in [1.82, 2.24) is 15.2 Å². The number of rotatable bonds is 2. The van der Waals surface area contributed by atoms with Crippen LogP contribution < -0.4 is 10.9 Å². The second-order valence-corrected chi connectivity index (χ2v) is 3.85. The highest BCUT2D eigenvalue weighted by molar-refractivity contribution is 9.10. The van der Waals surface area contributed by atoms with Gasteiger partial charge in [0.25, 0.3) is 11.5 Å². The Morgan fingerprint density at radius 2 is 2.18 bits per heavy atom. The highest BCUT2D eigenvalue weighted by Gasteiger charge is 2.10. The predicted molar refractivity (Wildman–Crippen MR) is 64.7 cm³/mol. The van der Waals surface area contributed by atoms with Gasteiger partial charge in [-0.1, -0.05) is 0 Å². The van der Waals surface area contributed by atoms with Crippen LogP contribution in [0.2, 0.25) is 0 Å². The molecule has 17 heavy (non-hydrogen) atoms. The summed E-state index contributed by atoms with van der Waals surface area (Å²) in [6.07, 6.45) is 1.57. The molecule has 0 unspecified atom stereocenters. The van der Waals surface area contributed by atoms with Gasteiger partial charge in [-0.3, -0.25) is 9.59 Å². The number of carbonyl (C=O) groups excluding carboxylic acids is 1. The van der Waals surface area contributed by atoms with Gasteiger partial charge in [-0.25, -0.2) is 10.1 Å². The normalized spacial score (nSPS) is 9.94. The van der Waals surface area contributed by atoms with Crippen LogP contribution in [0.3, 0.4) is 0 Å². The average molecular weight is 295 g/mol. The first-order valence-corrected chi connectivity index (χ1v) is 5.44. The molecule has 0 fully saturated rings. The van der Waals surface area contributed by atoms with Crippen LogP contribution in [0, 0.1) is 0 Å². The number of H-pyrrole nitrogens is 1. The Balaban J connectivity index is 2.20. The summed E-state index contributed by atoms with van der Waals surface area (Å²) in [5.74, 6) is -0.0881. The zero-order valence-electron chi connectivity index (χ0n) is 8.48. The topological polar surface area (TPSA) is 87.7 Å². The molecule has 2 N–H and O–H groups in total. The fraction of sp³-hybridized carbons (Fsp3) is 0. The minimum absolute atomic E-state index is 0.269. The first-order chi connectivity index (χ1) is 8.16. The van der Waals surface area contributed by atoms with Crippen molar-refractivity contribution in [1.29, 1.82) is 0 Å². The molecule has 7 heteroatoms. The number of amides is 1. The van der Waals surface area contributed by atoms with E-state index >= 15 is 0 Å². The Morgan fingerprint density at radius 3 is 2.82 bits per heavy atom. The molecule has 1 amide bonds. The van der Waals surface area contributed by atoms with Gasteiger partial charge < -0.3 is 5.32 Å². The van der Waals surface area contributed by atoms with Crippen LogP contribution >= 0.6 is 15.9 Å². The maximum atomic E-state index is 11.8. The lowest BCUT2D eigenvalue weighted by molar-refractivity contribution is 0.102. The van der Waals surface area contributed by atoms with Gasteiger partial charge in [0.1, 0.15) is 4.60 Å². The summed E-state index contributed by atoms with van der Waals surface area (Å²) in [5.41, 5.74) is 0.0612. The summed E-state index contributed by atoms with van der Waals surface area (Å²) in [4.78, 5) is 26.5. The molecule has 0 radical (unpaired) electrons. The smallest absolute Gasteiger partial charge is 0.264 e. The Hall–Kier alpha value is -2.02. The summed E-state index contributed by atoms with van der Waals surface area (Å²) in [6.45, 7) is 0. The quantitative estimate of drug-likeness (QED) is 0.814. The van der Waals surface area contributed by atoms with Crippen LogP contribution in [-0.4, -0.2) is 21.1 Å². The molecule has 0 saturated heterocycles. The van der Waals surface area contributed by atoms with Crippen molar-refractivity contribution >= 4 is 27.7 Å². The number of halogens is 1. The monoisotopic (exact) mass is 294 g/mol. The van der Waals surface area contributed by atoms with Crippen LogP contribution in [0.15, 0.2) is 39.9 Å². The van der Waals surface area contributed by atoms with E-state index in [1.807, 2.05) is 0 Å². The number of aromatic amines is 1. The molecule has 0 atom stereocenters. The van der Waals surface area contributed by atoms with E-state index in [0.717, 1.165) is 0 Å². The lowest BCUT2D eigenvalue weighted by Crippen LogP contribution is -2.16. The zero-order valence-corrected chi connectivity index (χ0v) is 10.1. The second-order valence-electron chi connectivity index (χ2n) is 3.10. The van der Waals surface area contributed by atoms with E-state index in [0.29, 0.717) is 10.2 Å². The molecular formula is C10H7BrN4O2. The van der Waals surface area contributed by atoms with Gasteiger partial charge in [-0.05, 0) is 34.1 Å². The molecular weight excluding hydrogens is 288 g/mol. The van der Waals surface area contributed by atoms with Crippen LogP contribution in [0.25, 0.3) is 0 Å². The number of carbonyl (C=O) groups is 1. The maximum Gasteiger partial charge on any atom is 0.264 e. The van der Waals surface area contributed by atoms with E-state index in [-0.39, 0.29) is 17.3 Å². The summed E-state index contributed by atoms with van der Waals surface area (Å²) < 4.78 is 0.446. The third-order valence-electron chi connectivity index (χ3n) is 1.92. The number of aromatic nitrogens is 3. The molecule has 6 nitrogen and oxygen atoms in total. The summed E-state index contributed by atoms with van der Waals surface area (Å²) >= 11 is 3.17. The molecule has 2 aromatic heterocycles. The number of hydrogen-bond acceptors (Lipinski definition) is 4. The molecule has 2 aromatic rings. The van der Waals surface area contributed by atoms with Gasteiger partial charge >= 0.3 is 0 Å². The molecule has 0 aliphatic heterocycles. The van der Waals surface area contributed by atoms with Crippen molar-refractivity contribution in [3.63, 3.8) is 0 Å². The van der Waals surface area contributed by atoms with E-state index in [4.69, 9.17) is 0 Å². The largest absolute Gasteiger partial charge is 0.305 e. The number of nitrogens with zero attached hydrogens (tertiary/aromatic N) is 2. The fourth-order valence-corrected chi connectivity index (χ4v) is 1.58. The minimum atomic E-state index is -0.357. The average Bonchev–Trinajstić information content (AvgIpc) is 2.32. The fourth-order valence-electron chi connectivity index (χ4n) is 1.15. The first-order valence-electron chi connectivity index (χ1n) is 4.64. The van der Waals surface area contributed by atoms with Crippen molar-refractivity contribution in [2.75, 3.05) is 5.32 Å². The van der Waals surface area contributed by atoms with Crippen LogP contribution in [0.5, 0.6) is 0 Å². The highest BCUT2D eigenvalue weighted by atomic mass is 79.9. The van der Waals surface area contributed by atoms with Crippen LogP contribution in [-0.2, 0) is 0 Å². The highest BCUT2D eigenvalue weighted by Crippen LogP contribution is 2.13. The number of nitrogens with one attached hydrogen (secondary N) is 2. The van der Waals surface area contributed by atoms with Crippen molar-refractivity contribution in [2.45, 2.75) is 0 Å². The molecule has 0 spiro atoms. The van der Waals surface area contributed by atoms with Gasteiger partial charge in [0.2, 0.25) is 0 Å². The molecule has 0 aliphatic carbocycles. The van der Waals surface area contributed by atoms with Crippen molar-refractivity contribution in [3.05, 3.63) is 51.0 Å². The molecule has 86 valence electrons. The van der Waals surface area contributed by atoms with Gasteiger partial charge in [0.15, 0.2) is 5.82 Å². The van der Waals surface area contributed by atoms with Crippen LogP contribution in [0.1, 0.15) is 10.4 Å². The summed E-state index contributed by atoms with van der Waals surface area (Å²) in [7, 11) is 0. The summed E-state index contributed by atoms with van der Waals surface area (Å²) in [5, 5.41) is 8.43. The SMILES string of the molecule is O=C(Nc1ccc(=O)[nH]n1)c1cccnc1Br. The Kier molecular flexibility index (Phi) is 3.29. The molecule has 0 aliphatic rings. The van der Waals surface area contributed by atoms with E-state index in [2.05, 4.69) is 36.4 Å². The van der Waals surface area contributed by atoms with Gasteiger partial charge in [-0.2, -0.15) is 5.10 Å². The van der Waals surface area contributed by atoms with E-state index < -0.39 is 0 Å². The Labute approximate surface area is 104 Å². The van der Waals surface area contributed by atoms with Crippen molar-refractivity contribution in [3.8, 4) is 0 Å².